The fraction of sp³-hybridized carbons (Fsp3) is 1.00. The van der Waals surface area contributed by atoms with E-state index in [1.54, 1.807) is 0 Å². The van der Waals surface area contributed by atoms with Gasteiger partial charge in [-0.1, -0.05) is 58.3 Å². The van der Waals surface area contributed by atoms with E-state index < -0.39 is 0 Å². The average molecular weight is 266 g/mol. The van der Waals surface area contributed by atoms with Crippen molar-refractivity contribution in [3.63, 3.8) is 0 Å². The molecule has 112 valence electrons. The van der Waals surface area contributed by atoms with Crippen LogP contribution in [0.5, 0.6) is 0 Å². The second-order valence-electron chi connectivity index (χ2n) is 7.16. The monoisotopic (exact) mass is 266 g/mol. The van der Waals surface area contributed by atoms with Gasteiger partial charge in [-0.05, 0) is 44.9 Å². The molecule has 0 radical (unpaired) electrons. The van der Waals surface area contributed by atoms with Crippen molar-refractivity contribution >= 4 is 0 Å². The highest BCUT2D eigenvalue weighted by Crippen LogP contribution is 2.39. The SMILES string of the molecule is CCC1(C)CCC2CCCCCCCCCCC2O1. The van der Waals surface area contributed by atoms with E-state index in [1.807, 2.05) is 0 Å². The quantitative estimate of drug-likeness (QED) is 0.577. The molecule has 3 unspecified atom stereocenters. The van der Waals surface area contributed by atoms with Crippen molar-refractivity contribution in [2.45, 2.75) is 109 Å². The Morgan fingerprint density at radius 1 is 0.842 bits per heavy atom. The maximum Gasteiger partial charge on any atom is 0.0656 e. The Hall–Kier alpha value is -0.0400. The molecule has 1 heterocycles. The Morgan fingerprint density at radius 2 is 1.42 bits per heavy atom. The van der Waals surface area contributed by atoms with Crippen LogP contribution in [0.3, 0.4) is 0 Å². The Morgan fingerprint density at radius 3 is 2.05 bits per heavy atom. The first-order valence-electron chi connectivity index (χ1n) is 8.91. The Balaban J connectivity index is 1.90. The summed E-state index contributed by atoms with van der Waals surface area (Å²) >= 11 is 0. The van der Waals surface area contributed by atoms with Crippen LogP contribution in [-0.2, 0) is 4.74 Å². The molecule has 2 fully saturated rings. The van der Waals surface area contributed by atoms with Gasteiger partial charge < -0.3 is 4.74 Å². The lowest BCUT2D eigenvalue weighted by molar-refractivity contribution is -0.150. The van der Waals surface area contributed by atoms with Crippen LogP contribution in [0.15, 0.2) is 0 Å². The van der Waals surface area contributed by atoms with Crippen LogP contribution < -0.4 is 0 Å². The van der Waals surface area contributed by atoms with E-state index in [-0.39, 0.29) is 5.60 Å². The molecule has 1 saturated carbocycles. The summed E-state index contributed by atoms with van der Waals surface area (Å²) in [5.41, 5.74) is 0.179. The second kappa shape index (κ2) is 7.67. The van der Waals surface area contributed by atoms with E-state index in [2.05, 4.69) is 13.8 Å². The standard InChI is InChI=1S/C18H34O/c1-3-18(2)15-14-16-12-10-8-6-4-5-7-9-11-13-17(16)19-18/h16-17H,3-15H2,1-2H3. The van der Waals surface area contributed by atoms with Crippen molar-refractivity contribution in [2.75, 3.05) is 0 Å². The molecule has 1 heteroatoms. The first kappa shape index (κ1) is 15.4. The number of rotatable bonds is 1. The van der Waals surface area contributed by atoms with Crippen molar-refractivity contribution in [3.05, 3.63) is 0 Å². The lowest BCUT2D eigenvalue weighted by Crippen LogP contribution is -2.42. The number of hydrogen-bond donors (Lipinski definition) is 0. The normalized spacial score (nSPS) is 38.8. The molecule has 0 N–H and O–H groups in total. The zero-order valence-corrected chi connectivity index (χ0v) is 13.3. The molecular formula is C18H34O. The van der Waals surface area contributed by atoms with Crippen LogP contribution in [0.25, 0.3) is 0 Å². The van der Waals surface area contributed by atoms with Gasteiger partial charge >= 0.3 is 0 Å². The fourth-order valence-electron chi connectivity index (χ4n) is 3.89. The lowest BCUT2D eigenvalue weighted by Gasteiger charge is -2.43. The average Bonchev–Trinajstić information content (AvgIpc) is 2.41. The summed E-state index contributed by atoms with van der Waals surface area (Å²) in [5.74, 6) is 0.860. The second-order valence-corrected chi connectivity index (χ2v) is 7.16. The van der Waals surface area contributed by atoms with Crippen molar-refractivity contribution < 1.29 is 4.74 Å². The van der Waals surface area contributed by atoms with Crippen molar-refractivity contribution in [3.8, 4) is 0 Å². The van der Waals surface area contributed by atoms with E-state index in [1.165, 1.54) is 83.5 Å². The molecule has 0 aromatic carbocycles. The molecule has 1 nitrogen and oxygen atoms in total. The highest BCUT2D eigenvalue weighted by molar-refractivity contribution is 4.86. The third-order valence-corrected chi connectivity index (χ3v) is 5.57. The zero-order valence-electron chi connectivity index (χ0n) is 13.3. The highest BCUT2D eigenvalue weighted by atomic mass is 16.5. The summed E-state index contributed by atoms with van der Waals surface area (Å²) < 4.78 is 6.53. The summed E-state index contributed by atoms with van der Waals surface area (Å²) in [6.07, 6.45) is 18.7. The van der Waals surface area contributed by atoms with Gasteiger partial charge in [0.25, 0.3) is 0 Å². The van der Waals surface area contributed by atoms with E-state index in [0.29, 0.717) is 6.10 Å². The Kier molecular flexibility index (Phi) is 6.19. The van der Waals surface area contributed by atoms with Crippen molar-refractivity contribution in [1.29, 1.82) is 0 Å². The van der Waals surface area contributed by atoms with E-state index in [9.17, 15) is 0 Å². The summed E-state index contributed by atoms with van der Waals surface area (Å²) in [6.45, 7) is 4.62. The van der Waals surface area contributed by atoms with Gasteiger partial charge in [0.1, 0.15) is 0 Å². The van der Waals surface area contributed by atoms with E-state index in [4.69, 9.17) is 4.74 Å². The predicted octanol–water partition coefficient (Wildman–Crippen LogP) is 5.86. The van der Waals surface area contributed by atoms with E-state index >= 15 is 0 Å². The Bertz CT molecular complexity index is 250. The molecule has 0 amide bonds. The smallest absolute Gasteiger partial charge is 0.0656 e. The van der Waals surface area contributed by atoms with E-state index in [0.717, 1.165) is 5.92 Å². The maximum atomic E-state index is 6.53. The minimum Gasteiger partial charge on any atom is -0.372 e. The van der Waals surface area contributed by atoms with Crippen LogP contribution in [0, 0.1) is 5.92 Å². The first-order chi connectivity index (χ1) is 9.23. The largest absolute Gasteiger partial charge is 0.372 e. The van der Waals surface area contributed by atoms with Crippen molar-refractivity contribution in [1.82, 2.24) is 0 Å². The topological polar surface area (TPSA) is 9.23 Å². The fourth-order valence-corrected chi connectivity index (χ4v) is 3.89. The van der Waals surface area contributed by atoms with Gasteiger partial charge in [-0.3, -0.25) is 0 Å². The third-order valence-electron chi connectivity index (χ3n) is 5.57. The number of hydrogen-bond acceptors (Lipinski definition) is 1. The first-order valence-corrected chi connectivity index (χ1v) is 8.91. The van der Waals surface area contributed by atoms with Crippen LogP contribution in [0.1, 0.15) is 97.3 Å². The molecule has 0 spiro atoms. The predicted molar refractivity (Wildman–Crippen MR) is 82.5 cm³/mol. The van der Waals surface area contributed by atoms with Crippen LogP contribution in [-0.4, -0.2) is 11.7 Å². The number of ether oxygens (including phenoxy) is 1. The molecule has 19 heavy (non-hydrogen) atoms. The molecule has 2 rings (SSSR count). The molecule has 0 bridgehead atoms. The molecule has 1 aliphatic heterocycles. The van der Waals surface area contributed by atoms with Gasteiger partial charge in [-0.15, -0.1) is 0 Å². The van der Waals surface area contributed by atoms with Crippen molar-refractivity contribution in [2.24, 2.45) is 5.92 Å². The molecule has 1 saturated heterocycles. The molecule has 1 aliphatic carbocycles. The zero-order chi connectivity index (χ0) is 13.6. The van der Waals surface area contributed by atoms with Gasteiger partial charge in [-0.2, -0.15) is 0 Å². The minimum atomic E-state index is 0.179. The molecule has 3 atom stereocenters. The third kappa shape index (κ3) is 4.77. The highest BCUT2D eigenvalue weighted by Gasteiger charge is 2.36. The summed E-state index contributed by atoms with van der Waals surface area (Å²) in [5, 5.41) is 0. The number of fused-ring (bicyclic) bond motifs is 1. The van der Waals surface area contributed by atoms with Gasteiger partial charge in [0.15, 0.2) is 0 Å². The van der Waals surface area contributed by atoms with Gasteiger partial charge in [0.05, 0.1) is 11.7 Å². The van der Waals surface area contributed by atoms with Gasteiger partial charge in [0.2, 0.25) is 0 Å². The van der Waals surface area contributed by atoms with Crippen LogP contribution in [0.4, 0.5) is 0 Å². The lowest BCUT2D eigenvalue weighted by atomic mass is 9.80. The van der Waals surface area contributed by atoms with Crippen LogP contribution >= 0.6 is 0 Å². The minimum absolute atomic E-state index is 0.179. The van der Waals surface area contributed by atoms with Gasteiger partial charge in [0, 0.05) is 0 Å². The maximum absolute atomic E-state index is 6.53. The molecule has 2 aliphatic rings. The summed E-state index contributed by atoms with van der Waals surface area (Å²) in [7, 11) is 0. The summed E-state index contributed by atoms with van der Waals surface area (Å²) in [4.78, 5) is 0. The summed E-state index contributed by atoms with van der Waals surface area (Å²) in [6, 6.07) is 0. The molecule has 0 aromatic heterocycles. The van der Waals surface area contributed by atoms with Gasteiger partial charge in [-0.25, -0.2) is 0 Å². The van der Waals surface area contributed by atoms with Crippen LogP contribution in [0.2, 0.25) is 0 Å². The molecule has 0 aromatic rings. The molecular weight excluding hydrogens is 232 g/mol. The Labute approximate surface area is 120 Å².